The average Bonchev–Trinajstić information content (AvgIpc) is 2.59. The van der Waals surface area contributed by atoms with Gasteiger partial charge in [0.05, 0.1) is 21.3 Å². The number of allylic oxidation sites excluding steroid dienone is 1. The molecule has 7 heteroatoms. The summed E-state index contributed by atoms with van der Waals surface area (Å²) in [6.45, 7) is 2.00. The molecule has 1 aliphatic heterocycles. The number of hydrogen-bond acceptors (Lipinski definition) is 6. The first kappa shape index (κ1) is 17.1. The van der Waals surface area contributed by atoms with Crippen molar-refractivity contribution in [3.63, 3.8) is 0 Å². The van der Waals surface area contributed by atoms with E-state index in [1.807, 2.05) is 19.1 Å². The van der Waals surface area contributed by atoms with E-state index >= 15 is 0 Å². The van der Waals surface area contributed by atoms with Gasteiger partial charge in [-0.05, 0) is 24.1 Å². The van der Waals surface area contributed by atoms with Crippen LogP contribution in [0.15, 0.2) is 30.0 Å². The highest BCUT2D eigenvalue weighted by molar-refractivity contribution is 5.44. The van der Waals surface area contributed by atoms with Gasteiger partial charge in [-0.2, -0.15) is 0 Å². The summed E-state index contributed by atoms with van der Waals surface area (Å²) in [7, 11) is 4.62. The Balaban J connectivity index is 2.50. The van der Waals surface area contributed by atoms with Gasteiger partial charge in [-0.3, -0.25) is 15.0 Å². The maximum absolute atomic E-state index is 11.5. The molecule has 0 radical (unpaired) electrons. The minimum absolute atomic E-state index is 0.254. The zero-order valence-electron chi connectivity index (χ0n) is 13.8. The summed E-state index contributed by atoms with van der Waals surface area (Å²) in [5, 5.41) is 13.1. The summed E-state index contributed by atoms with van der Waals surface area (Å²) in [6, 6.07) is 4.03. The van der Waals surface area contributed by atoms with E-state index in [9.17, 15) is 10.1 Å². The van der Waals surface area contributed by atoms with Gasteiger partial charge in [0.1, 0.15) is 6.04 Å². The van der Waals surface area contributed by atoms with E-state index in [0.717, 1.165) is 17.7 Å². The maximum atomic E-state index is 11.5. The van der Waals surface area contributed by atoms with Crippen LogP contribution in [0.25, 0.3) is 0 Å². The Morgan fingerprint density at radius 2 is 1.96 bits per heavy atom. The highest BCUT2D eigenvalue weighted by atomic mass is 16.7. The lowest BCUT2D eigenvalue weighted by Gasteiger charge is -2.37. The topological polar surface area (TPSA) is 74.1 Å². The van der Waals surface area contributed by atoms with Crippen LogP contribution >= 0.6 is 0 Å². The monoisotopic (exact) mass is 322 g/mol. The molecule has 0 spiro atoms. The fourth-order valence-electron chi connectivity index (χ4n) is 2.94. The van der Waals surface area contributed by atoms with Crippen LogP contribution in [0.5, 0.6) is 11.5 Å². The van der Waals surface area contributed by atoms with Crippen LogP contribution in [0.2, 0.25) is 0 Å². The van der Waals surface area contributed by atoms with Crippen LogP contribution in [-0.4, -0.2) is 37.4 Å². The molecule has 1 aromatic rings. The van der Waals surface area contributed by atoms with Crippen LogP contribution in [0.3, 0.4) is 0 Å². The fraction of sp³-hybridized carbons (Fsp3) is 0.500. The second-order valence-corrected chi connectivity index (χ2v) is 5.21. The number of rotatable bonds is 6. The molecule has 1 heterocycles. The van der Waals surface area contributed by atoms with E-state index in [-0.39, 0.29) is 4.92 Å². The van der Waals surface area contributed by atoms with Crippen molar-refractivity contribution in [1.29, 1.82) is 0 Å². The molecule has 126 valence electrons. The van der Waals surface area contributed by atoms with Crippen molar-refractivity contribution in [2.75, 3.05) is 21.3 Å². The Morgan fingerprint density at radius 3 is 2.48 bits per heavy atom. The molecule has 0 aliphatic carbocycles. The van der Waals surface area contributed by atoms with Crippen molar-refractivity contribution in [2.45, 2.75) is 31.8 Å². The summed E-state index contributed by atoms with van der Waals surface area (Å²) >= 11 is 0. The first-order valence-corrected chi connectivity index (χ1v) is 7.45. The lowest BCUT2D eigenvalue weighted by atomic mass is 9.92. The Bertz CT molecular complexity index is 602. The molecule has 0 saturated carbocycles. The Morgan fingerprint density at radius 1 is 1.26 bits per heavy atom. The number of hydrogen-bond donors (Lipinski definition) is 0. The summed E-state index contributed by atoms with van der Waals surface area (Å²) in [5.74, 6) is 1.12. The number of ether oxygens (including phenoxy) is 2. The summed E-state index contributed by atoms with van der Waals surface area (Å²) < 4.78 is 10.5. The van der Waals surface area contributed by atoms with Crippen LogP contribution < -0.4 is 9.47 Å². The van der Waals surface area contributed by atoms with Gasteiger partial charge in [0, 0.05) is 17.0 Å². The summed E-state index contributed by atoms with van der Waals surface area (Å²) in [6.07, 6.45) is 2.98. The van der Waals surface area contributed by atoms with Crippen molar-refractivity contribution in [3.05, 3.63) is 45.6 Å². The largest absolute Gasteiger partial charge is 0.493 e. The van der Waals surface area contributed by atoms with Gasteiger partial charge in [-0.15, -0.1) is 0 Å². The SMILES string of the molecule is CCC1=CC[C@H]([N+](=O)[O-])[C@@H](c2ccc(OC)c(OC)c2)N1OC. The Labute approximate surface area is 135 Å². The molecule has 0 amide bonds. The molecule has 0 N–H and O–H groups in total. The van der Waals surface area contributed by atoms with Crippen molar-refractivity contribution >= 4 is 0 Å². The van der Waals surface area contributed by atoms with Crippen molar-refractivity contribution < 1.29 is 19.2 Å². The van der Waals surface area contributed by atoms with Gasteiger partial charge in [-0.25, -0.2) is 5.06 Å². The summed E-state index contributed by atoms with van der Waals surface area (Å²) in [4.78, 5) is 16.7. The van der Waals surface area contributed by atoms with E-state index in [0.29, 0.717) is 17.9 Å². The quantitative estimate of drug-likeness (QED) is 0.592. The minimum Gasteiger partial charge on any atom is -0.493 e. The van der Waals surface area contributed by atoms with Gasteiger partial charge in [0.25, 0.3) is 0 Å². The Hall–Kier alpha value is -2.28. The van der Waals surface area contributed by atoms with E-state index in [4.69, 9.17) is 14.3 Å². The van der Waals surface area contributed by atoms with Crippen molar-refractivity contribution in [2.24, 2.45) is 0 Å². The molecule has 0 aromatic heterocycles. The van der Waals surface area contributed by atoms with E-state index < -0.39 is 12.1 Å². The van der Waals surface area contributed by atoms with Crippen LogP contribution in [0, 0.1) is 10.1 Å². The fourth-order valence-corrected chi connectivity index (χ4v) is 2.94. The zero-order chi connectivity index (χ0) is 17.0. The minimum atomic E-state index is -0.789. The third-order valence-electron chi connectivity index (χ3n) is 4.07. The number of nitro groups is 1. The molecule has 2 atom stereocenters. The molecule has 0 saturated heterocycles. The lowest BCUT2D eigenvalue weighted by Crippen LogP contribution is -2.42. The van der Waals surface area contributed by atoms with E-state index in [2.05, 4.69) is 0 Å². The molecule has 7 nitrogen and oxygen atoms in total. The first-order valence-electron chi connectivity index (χ1n) is 7.45. The first-order chi connectivity index (χ1) is 11.1. The second-order valence-electron chi connectivity index (χ2n) is 5.21. The molecule has 0 unspecified atom stereocenters. The number of hydroxylamine groups is 2. The molecule has 0 bridgehead atoms. The van der Waals surface area contributed by atoms with Crippen LogP contribution in [0.1, 0.15) is 31.4 Å². The van der Waals surface area contributed by atoms with E-state index in [1.165, 1.54) is 7.11 Å². The molecule has 23 heavy (non-hydrogen) atoms. The molecule has 1 aromatic carbocycles. The van der Waals surface area contributed by atoms with Gasteiger partial charge in [0.2, 0.25) is 6.04 Å². The lowest BCUT2D eigenvalue weighted by molar-refractivity contribution is -0.536. The van der Waals surface area contributed by atoms with Gasteiger partial charge >= 0.3 is 0 Å². The molecular formula is C16H22N2O5. The van der Waals surface area contributed by atoms with Crippen molar-refractivity contribution in [1.82, 2.24) is 5.06 Å². The predicted octanol–water partition coefficient (Wildman–Crippen LogP) is 2.95. The highest BCUT2D eigenvalue weighted by Gasteiger charge is 2.41. The van der Waals surface area contributed by atoms with Gasteiger partial charge in [-0.1, -0.05) is 19.1 Å². The second kappa shape index (κ2) is 7.32. The predicted molar refractivity (Wildman–Crippen MR) is 84.9 cm³/mol. The van der Waals surface area contributed by atoms with Crippen LogP contribution in [-0.2, 0) is 4.84 Å². The normalized spacial score (nSPS) is 20.9. The number of nitrogens with zero attached hydrogens (tertiary/aromatic N) is 2. The third kappa shape index (κ3) is 3.24. The average molecular weight is 322 g/mol. The smallest absolute Gasteiger partial charge is 0.243 e. The molecular weight excluding hydrogens is 300 g/mol. The maximum Gasteiger partial charge on any atom is 0.243 e. The number of benzene rings is 1. The highest BCUT2D eigenvalue weighted by Crippen LogP contribution is 2.39. The standard InChI is InChI=1S/C16H22N2O5/c1-5-12-7-8-13(18(19)20)16(17(12)23-4)11-6-9-14(21-2)15(10-11)22-3/h6-7,9-10,13,16H,5,8H2,1-4H3/t13-,16+/m0/s1. The molecule has 2 rings (SSSR count). The summed E-state index contributed by atoms with van der Waals surface area (Å²) in [5.41, 5.74) is 1.69. The van der Waals surface area contributed by atoms with Gasteiger partial charge in [0.15, 0.2) is 11.5 Å². The van der Waals surface area contributed by atoms with E-state index in [1.54, 1.807) is 31.4 Å². The third-order valence-corrected chi connectivity index (χ3v) is 4.07. The molecule has 1 aliphatic rings. The van der Waals surface area contributed by atoms with Crippen LogP contribution in [0.4, 0.5) is 0 Å². The van der Waals surface area contributed by atoms with Gasteiger partial charge < -0.3 is 9.47 Å². The molecule has 0 fully saturated rings. The van der Waals surface area contributed by atoms with Crippen molar-refractivity contribution in [3.8, 4) is 11.5 Å². The Kier molecular flexibility index (Phi) is 5.44. The number of methoxy groups -OCH3 is 2. The zero-order valence-corrected chi connectivity index (χ0v) is 13.8.